The fraction of sp³-hybridized carbons (Fsp3) is 0.444. The van der Waals surface area contributed by atoms with Crippen LogP contribution < -0.4 is 5.32 Å². The molecule has 0 aliphatic heterocycles. The van der Waals surface area contributed by atoms with Crippen molar-refractivity contribution >= 4 is 21.6 Å². The minimum atomic E-state index is -3.46. The Morgan fingerprint density at radius 3 is 2.60 bits per heavy atom. The lowest BCUT2D eigenvalue weighted by Gasteiger charge is -2.15. The van der Waals surface area contributed by atoms with Crippen LogP contribution in [0.15, 0.2) is 41.4 Å². The Morgan fingerprint density at radius 2 is 1.96 bits per heavy atom. The molecule has 1 aromatic carbocycles. The second kappa shape index (κ2) is 7.00. The van der Waals surface area contributed by atoms with Gasteiger partial charge < -0.3 is 5.32 Å². The summed E-state index contributed by atoms with van der Waals surface area (Å²) in [5.74, 6) is 0.698. The highest BCUT2D eigenvalue weighted by molar-refractivity contribution is 7.91. The van der Waals surface area contributed by atoms with Crippen LogP contribution >= 0.6 is 0 Å². The molecular weight excluding hydrogens is 338 g/mol. The largest absolute Gasteiger partial charge is 0.311 e. The van der Waals surface area contributed by atoms with Crippen molar-refractivity contribution in [2.24, 2.45) is 5.92 Å². The van der Waals surface area contributed by atoms with Gasteiger partial charge in [-0.2, -0.15) is 5.10 Å². The van der Waals surface area contributed by atoms with Gasteiger partial charge in [0.25, 0.3) is 0 Å². The molecule has 1 aliphatic rings. The van der Waals surface area contributed by atoms with Crippen LogP contribution in [0.25, 0.3) is 0 Å². The monoisotopic (exact) mass is 361 g/mol. The minimum absolute atomic E-state index is 0.0841. The molecule has 1 N–H and O–H groups in total. The van der Waals surface area contributed by atoms with E-state index in [1.54, 1.807) is 36.5 Å². The van der Waals surface area contributed by atoms with Crippen molar-refractivity contribution in [1.82, 2.24) is 9.78 Å². The zero-order valence-corrected chi connectivity index (χ0v) is 15.3. The van der Waals surface area contributed by atoms with Gasteiger partial charge in [-0.25, -0.2) is 13.1 Å². The first-order valence-corrected chi connectivity index (χ1v) is 10.1. The maximum absolute atomic E-state index is 12.3. The molecule has 1 heterocycles. The third-order valence-electron chi connectivity index (χ3n) is 4.61. The molecule has 0 saturated heterocycles. The first kappa shape index (κ1) is 17.7. The van der Waals surface area contributed by atoms with Crippen LogP contribution in [-0.4, -0.2) is 29.9 Å². The molecule has 1 saturated carbocycles. The van der Waals surface area contributed by atoms with Gasteiger partial charge in [-0.3, -0.25) is 4.79 Å². The number of hydrogen-bond donors (Lipinski definition) is 1. The fourth-order valence-corrected chi connectivity index (χ4v) is 4.05. The lowest BCUT2D eigenvalue weighted by molar-refractivity contribution is -0.115. The van der Waals surface area contributed by atoms with Crippen LogP contribution in [0, 0.1) is 12.8 Å². The number of nitrogens with one attached hydrogen (secondary N) is 1. The Balaban J connectivity index is 1.60. The molecule has 3 rings (SSSR count). The Bertz CT molecular complexity index is 852. The molecule has 2 aromatic rings. The lowest BCUT2D eigenvalue weighted by Crippen LogP contribution is -2.21. The summed E-state index contributed by atoms with van der Waals surface area (Å²) in [4.78, 5) is 12.4. The summed E-state index contributed by atoms with van der Waals surface area (Å²) in [5.41, 5.74) is 0.995. The molecule has 134 valence electrons. The lowest BCUT2D eigenvalue weighted by atomic mass is 10.2. The van der Waals surface area contributed by atoms with Crippen molar-refractivity contribution in [3.05, 3.63) is 42.1 Å². The molecule has 1 amide bonds. The van der Waals surface area contributed by atoms with Crippen LogP contribution in [0.1, 0.15) is 37.8 Å². The molecule has 1 aromatic heterocycles. The van der Waals surface area contributed by atoms with Gasteiger partial charge in [0, 0.05) is 12.5 Å². The van der Waals surface area contributed by atoms with Gasteiger partial charge in [0.05, 0.1) is 22.9 Å². The normalized spacial score (nSPS) is 15.8. The van der Waals surface area contributed by atoms with E-state index < -0.39 is 9.84 Å². The molecule has 1 fully saturated rings. The zero-order valence-electron chi connectivity index (χ0n) is 14.5. The number of benzene rings is 1. The number of hydrogen-bond acceptors (Lipinski definition) is 4. The molecular formula is C18H23N3O3S. The van der Waals surface area contributed by atoms with E-state index in [-0.39, 0.29) is 29.0 Å². The first-order chi connectivity index (χ1) is 11.9. The maximum Gasteiger partial charge on any atom is 0.226 e. The third-order valence-corrected chi connectivity index (χ3v) is 6.34. The summed E-state index contributed by atoms with van der Waals surface area (Å²) in [6.45, 7) is 3.98. The zero-order chi connectivity index (χ0) is 18.0. The predicted octanol–water partition coefficient (Wildman–Crippen LogP) is 2.97. The minimum Gasteiger partial charge on any atom is -0.311 e. The van der Waals surface area contributed by atoms with Crippen molar-refractivity contribution in [2.75, 3.05) is 11.1 Å². The number of anilines is 1. The van der Waals surface area contributed by atoms with E-state index in [9.17, 15) is 13.2 Å². The number of aryl methyl sites for hydroxylation is 1. The average molecular weight is 361 g/mol. The standard InChI is InChI=1S/C18H23N3O3S/c1-13-3-7-16(8-4-13)25(23,24)12-10-18(22)20-17-9-11-19-21(17)14(2)15-5-6-15/h3-4,7-9,11,14-15H,5-6,10,12H2,1-2H3,(H,20,22). The number of sulfone groups is 1. The highest BCUT2D eigenvalue weighted by Gasteiger charge is 2.30. The fourth-order valence-electron chi connectivity index (χ4n) is 2.81. The molecule has 1 aliphatic carbocycles. The van der Waals surface area contributed by atoms with E-state index in [0.717, 1.165) is 5.56 Å². The van der Waals surface area contributed by atoms with Crippen molar-refractivity contribution < 1.29 is 13.2 Å². The summed E-state index contributed by atoms with van der Waals surface area (Å²) in [6, 6.07) is 8.65. The topological polar surface area (TPSA) is 81.1 Å². The number of carbonyl (C=O) groups excluding carboxylic acids is 1. The van der Waals surface area contributed by atoms with Crippen LogP contribution in [0.5, 0.6) is 0 Å². The van der Waals surface area contributed by atoms with E-state index in [2.05, 4.69) is 17.3 Å². The summed E-state index contributed by atoms with van der Waals surface area (Å²) in [6.07, 6.45) is 3.93. The average Bonchev–Trinajstić information content (AvgIpc) is 3.33. The molecule has 0 radical (unpaired) electrons. The van der Waals surface area contributed by atoms with Crippen molar-refractivity contribution in [3.63, 3.8) is 0 Å². The van der Waals surface area contributed by atoms with Gasteiger partial charge in [0.1, 0.15) is 5.82 Å². The van der Waals surface area contributed by atoms with E-state index in [0.29, 0.717) is 11.7 Å². The van der Waals surface area contributed by atoms with Gasteiger partial charge in [-0.1, -0.05) is 17.7 Å². The highest BCUT2D eigenvalue weighted by Crippen LogP contribution is 2.40. The third kappa shape index (κ3) is 4.28. The van der Waals surface area contributed by atoms with Crippen molar-refractivity contribution in [2.45, 2.75) is 44.0 Å². The Kier molecular flexibility index (Phi) is 4.94. The summed E-state index contributed by atoms with van der Waals surface area (Å²) in [5, 5.41) is 7.06. The summed E-state index contributed by atoms with van der Waals surface area (Å²) >= 11 is 0. The molecule has 7 heteroatoms. The summed E-state index contributed by atoms with van der Waals surface area (Å²) < 4.78 is 26.5. The predicted molar refractivity (Wildman–Crippen MR) is 96.1 cm³/mol. The van der Waals surface area contributed by atoms with Crippen LogP contribution in [-0.2, 0) is 14.6 Å². The number of amides is 1. The van der Waals surface area contributed by atoms with Crippen molar-refractivity contribution in [1.29, 1.82) is 0 Å². The highest BCUT2D eigenvalue weighted by atomic mass is 32.2. The molecule has 0 bridgehead atoms. The Hall–Kier alpha value is -2.15. The van der Waals surface area contributed by atoms with E-state index >= 15 is 0 Å². The van der Waals surface area contributed by atoms with Crippen LogP contribution in [0.3, 0.4) is 0 Å². The Labute approximate surface area is 148 Å². The van der Waals surface area contributed by atoms with Crippen LogP contribution in [0.2, 0.25) is 0 Å². The van der Waals surface area contributed by atoms with E-state index in [1.165, 1.54) is 12.8 Å². The van der Waals surface area contributed by atoms with E-state index in [1.807, 2.05) is 11.6 Å². The number of carbonyl (C=O) groups is 1. The quantitative estimate of drug-likeness (QED) is 0.822. The van der Waals surface area contributed by atoms with Crippen molar-refractivity contribution in [3.8, 4) is 0 Å². The van der Waals surface area contributed by atoms with Gasteiger partial charge in [0.15, 0.2) is 9.84 Å². The molecule has 6 nitrogen and oxygen atoms in total. The van der Waals surface area contributed by atoms with Crippen LogP contribution in [0.4, 0.5) is 5.82 Å². The second-order valence-corrected chi connectivity index (χ2v) is 8.78. The van der Waals surface area contributed by atoms with Gasteiger partial charge in [0.2, 0.25) is 5.91 Å². The maximum atomic E-state index is 12.3. The molecule has 25 heavy (non-hydrogen) atoms. The number of nitrogens with zero attached hydrogens (tertiary/aromatic N) is 2. The summed E-state index contributed by atoms with van der Waals surface area (Å²) in [7, 11) is -3.46. The van der Waals surface area contributed by atoms with Gasteiger partial charge in [-0.05, 0) is 44.7 Å². The molecule has 0 spiro atoms. The second-order valence-electron chi connectivity index (χ2n) is 6.67. The number of rotatable bonds is 7. The molecule has 1 unspecified atom stereocenters. The van der Waals surface area contributed by atoms with Gasteiger partial charge >= 0.3 is 0 Å². The SMILES string of the molecule is Cc1ccc(S(=O)(=O)CCC(=O)Nc2ccnn2C(C)C2CC2)cc1. The number of aromatic nitrogens is 2. The Morgan fingerprint density at radius 1 is 1.28 bits per heavy atom. The van der Waals surface area contributed by atoms with E-state index in [4.69, 9.17) is 0 Å². The molecule has 1 atom stereocenters. The smallest absolute Gasteiger partial charge is 0.226 e. The first-order valence-electron chi connectivity index (χ1n) is 8.49. The van der Waals surface area contributed by atoms with Gasteiger partial charge in [-0.15, -0.1) is 0 Å².